The smallest absolute Gasteiger partial charge is 0.392 e. The van der Waals surface area contributed by atoms with Gasteiger partial charge in [-0.3, -0.25) is 0 Å². The molecule has 0 amide bonds. The maximum Gasteiger partial charge on any atom is 0.403 e. The molecule has 0 fully saturated rings. The molecular formula is C13H14F6O. The summed E-state index contributed by atoms with van der Waals surface area (Å²) in [7, 11) is 0. The molecule has 1 atom stereocenters. The van der Waals surface area contributed by atoms with Gasteiger partial charge < -0.3 is 5.11 Å². The molecule has 1 aromatic carbocycles. The van der Waals surface area contributed by atoms with E-state index in [0.29, 0.717) is 11.1 Å². The lowest BCUT2D eigenvalue weighted by Gasteiger charge is -2.27. The highest BCUT2D eigenvalue weighted by Gasteiger charge is 2.59. The summed E-state index contributed by atoms with van der Waals surface area (Å²) in [5, 5.41) is 9.38. The fourth-order valence-electron chi connectivity index (χ4n) is 2.17. The molecule has 1 aromatic rings. The second-order valence-electron chi connectivity index (χ2n) is 4.83. The summed E-state index contributed by atoms with van der Waals surface area (Å²) in [5.74, 6) is -3.74. The number of alkyl halides is 6. The first-order valence-electron chi connectivity index (χ1n) is 5.80. The molecule has 1 unspecified atom stereocenters. The van der Waals surface area contributed by atoms with Gasteiger partial charge in [-0.15, -0.1) is 0 Å². The fraction of sp³-hybridized carbons (Fsp3) is 0.538. The third kappa shape index (κ3) is 4.40. The highest BCUT2D eigenvalue weighted by molar-refractivity contribution is 5.29. The number of aliphatic hydroxyl groups is 1. The molecule has 0 radical (unpaired) electrons. The SMILES string of the molecule is Cc1cc(C)cc(CC(O)C(C(F)(F)F)C(F)(F)F)c1. The third-order valence-electron chi connectivity index (χ3n) is 2.82. The molecule has 114 valence electrons. The van der Waals surface area contributed by atoms with Crippen LogP contribution in [-0.2, 0) is 6.42 Å². The van der Waals surface area contributed by atoms with Gasteiger partial charge in [-0.05, 0) is 25.8 Å². The Bertz CT molecular complexity index is 429. The number of halogens is 6. The van der Waals surface area contributed by atoms with Crippen LogP contribution in [0.25, 0.3) is 0 Å². The van der Waals surface area contributed by atoms with Crippen molar-refractivity contribution in [3.05, 3.63) is 34.9 Å². The topological polar surface area (TPSA) is 20.2 Å². The minimum Gasteiger partial charge on any atom is -0.392 e. The van der Waals surface area contributed by atoms with Gasteiger partial charge in [-0.1, -0.05) is 29.3 Å². The maximum absolute atomic E-state index is 12.4. The Labute approximate surface area is 112 Å². The molecule has 0 spiro atoms. The predicted molar refractivity (Wildman–Crippen MR) is 61.2 cm³/mol. The first-order valence-corrected chi connectivity index (χ1v) is 5.80. The minimum atomic E-state index is -5.53. The molecule has 0 bridgehead atoms. The van der Waals surface area contributed by atoms with Gasteiger partial charge in [-0.25, -0.2) is 0 Å². The van der Waals surface area contributed by atoms with Crippen LogP contribution in [0.5, 0.6) is 0 Å². The number of hydrogen-bond acceptors (Lipinski definition) is 1. The van der Waals surface area contributed by atoms with E-state index in [1.165, 1.54) is 12.1 Å². The standard InChI is InChI=1S/C13H14F6O/c1-7-3-8(2)5-9(4-7)6-10(20)11(12(14,15)16)13(17,18)19/h3-5,10-11,20H,6H2,1-2H3. The highest BCUT2D eigenvalue weighted by Crippen LogP contribution is 2.42. The number of rotatable bonds is 3. The summed E-state index contributed by atoms with van der Waals surface area (Å²) in [4.78, 5) is 0. The second kappa shape index (κ2) is 5.63. The molecular weight excluding hydrogens is 286 g/mol. The van der Waals surface area contributed by atoms with E-state index < -0.39 is 30.8 Å². The predicted octanol–water partition coefficient (Wildman–Crippen LogP) is 3.95. The van der Waals surface area contributed by atoms with Crippen LogP contribution in [0.4, 0.5) is 26.3 Å². The van der Waals surface area contributed by atoms with Crippen LogP contribution in [0, 0.1) is 19.8 Å². The largest absolute Gasteiger partial charge is 0.403 e. The molecule has 1 N–H and O–H groups in total. The van der Waals surface area contributed by atoms with Crippen molar-refractivity contribution >= 4 is 0 Å². The zero-order valence-electron chi connectivity index (χ0n) is 10.8. The van der Waals surface area contributed by atoms with Crippen LogP contribution in [0.15, 0.2) is 18.2 Å². The second-order valence-corrected chi connectivity index (χ2v) is 4.83. The summed E-state index contributed by atoms with van der Waals surface area (Å²) in [6, 6.07) is 4.65. The van der Waals surface area contributed by atoms with Gasteiger partial charge in [0.2, 0.25) is 0 Å². The summed E-state index contributed by atoms with van der Waals surface area (Å²) in [6.07, 6.45) is -14.3. The molecule has 0 saturated heterocycles. The molecule has 1 nitrogen and oxygen atoms in total. The van der Waals surface area contributed by atoms with Gasteiger partial charge in [0.25, 0.3) is 0 Å². The number of aliphatic hydroxyl groups excluding tert-OH is 1. The Balaban J connectivity index is 3.00. The Morgan fingerprint density at radius 1 is 0.900 bits per heavy atom. The summed E-state index contributed by atoms with van der Waals surface area (Å²) >= 11 is 0. The molecule has 7 heteroatoms. The van der Waals surface area contributed by atoms with Crippen molar-refractivity contribution < 1.29 is 31.4 Å². The van der Waals surface area contributed by atoms with Crippen molar-refractivity contribution in [1.29, 1.82) is 0 Å². The number of aryl methyl sites for hydroxylation is 2. The van der Waals surface area contributed by atoms with Gasteiger partial charge >= 0.3 is 12.4 Å². The quantitative estimate of drug-likeness (QED) is 0.838. The van der Waals surface area contributed by atoms with Gasteiger partial charge in [0.1, 0.15) is 0 Å². The summed E-state index contributed by atoms with van der Waals surface area (Å²) in [5.41, 5.74) is 1.67. The van der Waals surface area contributed by atoms with Gasteiger partial charge in [0.05, 0.1) is 6.10 Å². The monoisotopic (exact) mass is 300 g/mol. The number of hydrogen-bond donors (Lipinski definition) is 1. The normalized spacial score (nSPS) is 14.7. The van der Waals surface area contributed by atoms with E-state index in [1.54, 1.807) is 19.9 Å². The van der Waals surface area contributed by atoms with Crippen LogP contribution < -0.4 is 0 Å². The molecule has 0 aliphatic carbocycles. The Hall–Kier alpha value is -1.24. The molecule has 0 heterocycles. The average Bonchev–Trinajstić information content (AvgIpc) is 2.08. The zero-order valence-corrected chi connectivity index (χ0v) is 10.8. The van der Waals surface area contributed by atoms with E-state index in [4.69, 9.17) is 0 Å². The summed E-state index contributed by atoms with van der Waals surface area (Å²) in [6.45, 7) is 3.35. The van der Waals surface area contributed by atoms with Crippen molar-refractivity contribution in [1.82, 2.24) is 0 Å². The first kappa shape index (κ1) is 16.8. The Morgan fingerprint density at radius 3 is 1.65 bits per heavy atom. The minimum absolute atomic E-state index is 0.244. The van der Waals surface area contributed by atoms with Crippen molar-refractivity contribution in [3.63, 3.8) is 0 Å². The lowest BCUT2D eigenvalue weighted by atomic mass is 9.93. The van der Waals surface area contributed by atoms with E-state index in [9.17, 15) is 31.4 Å². The van der Waals surface area contributed by atoms with E-state index >= 15 is 0 Å². The highest BCUT2D eigenvalue weighted by atomic mass is 19.4. The van der Waals surface area contributed by atoms with Crippen LogP contribution >= 0.6 is 0 Å². The van der Waals surface area contributed by atoms with Crippen LogP contribution in [0.3, 0.4) is 0 Å². The van der Waals surface area contributed by atoms with Crippen molar-refractivity contribution in [2.45, 2.75) is 38.7 Å². The average molecular weight is 300 g/mol. The van der Waals surface area contributed by atoms with Crippen LogP contribution in [0.2, 0.25) is 0 Å². The summed E-state index contributed by atoms with van der Waals surface area (Å²) < 4.78 is 74.7. The fourth-order valence-corrected chi connectivity index (χ4v) is 2.17. The van der Waals surface area contributed by atoms with E-state index in [2.05, 4.69) is 0 Å². The Morgan fingerprint density at radius 2 is 1.30 bits per heavy atom. The third-order valence-corrected chi connectivity index (χ3v) is 2.82. The molecule has 0 aromatic heterocycles. The van der Waals surface area contributed by atoms with Gasteiger partial charge in [0, 0.05) is 0 Å². The van der Waals surface area contributed by atoms with E-state index in [1.807, 2.05) is 0 Å². The van der Waals surface area contributed by atoms with Crippen molar-refractivity contribution in [3.8, 4) is 0 Å². The lowest BCUT2D eigenvalue weighted by Crippen LogP contribution is -2.45. The van der Waals surface area contributed by atoms with Gasteiger partial charge in [0.15, 0.2) is 5.92 Å². The molecule has 1 rings (SSSR count). The van der Waals surface area contributed by atoms with E-state index in [0.717, 1.165) is 0 Å². The molecule has 0 aliphatic rings. The lowest BCUT2D eigenvalue weighted by molar-refractivity contribution is -0.305. The molecule has 0 aliphatic heterocycles. The van der Waals surface area contributed by atoms with Crippen molar-refractivity contribution in [2.75, 3.05) is 0 Å². The maximum atomic E-state index is 12.4. The van der Waals surface area contributed by atoms with Gasteiger partial charge in [-0.2, -0.15) is 26.3 Å². The Kier molecular flexibility index (Phi) is 4.74. The molecule has 0 saturated carbocycles. The molecule has 20 heavy (non-hydrogen) atoms. The first-order chi connectivity index (χ1) is 8.91. The van der Waals surface area contributed by atoms with Crippen LogP contribution in [-0.4, -0.2) is 23.6 Å². The zero-order chi connectivity index (χ0) is 15.7. The van der Waals surface area contributed by atoms with Crippen LogP contribution in [0.1, 0.15) is 16.7 Å². The number of benzene rings is 1. The van der Waals surface area contributed by atoms with E-state index in [-0.39, 0.29) is 5.56 Å². The van der Waals surface area contributed by atoms with Crippen molar-refractivity contribution in [2.24, 2.45) is 5.92 Å².